The molecular formula is C16H14BrCl2N5O. The fraction of sp³-hybridized carbons (Fsp3) is 0.312. The van der Waals surface area contributed by atoms with Crippen LogP contribution in [0.5, 0.6) is 5.75 Å². The van der Waals surface area contributed by atoms with Crippen LogP contribution in [0.2, 0.25) is 10.0 Å². The number of nitrogens with zero attached hydrogens (tertiary/aromatic N) is 5. The Kier molecular flexibility index (Phi) is 4.47. The summed E-state index contributed by atoms with van der Waals surface area (Å²) in [5.74, 6) is 1.59. The molecule has 0 N–H and O–H groups in total. The van der Waals surface area contributed by atoms with Gasteiger partial charge in [-0.25, -0.2) is 14.6 Å². The van der Waals surface area contributed by atoms with E-state index in [1.807, 2.05) is 13.1 Å². The molecular weight excluding hydrogens is 429 g/mol. The summed E-state index contributed by atoms with van der Waals surface area (Å²) in [7, 11) is 1.87. The molecule has 2 aromatic heterocycles. The predicted octanol–water partition coefficient (Wildman–Crippen LogP) is 4.09. The number of fused-ring (bicyclic) bond motifs is 1. The van der Waals surface area contributed by atoms with Crippen LogP contribution in [0, 0.1) is 0 Å². The van der Waals surface area contributed by atoms with Gasteiger partial charge in [-0.15, -0.1) is 0 Å². The summed E-state index contributed by atoms with van der Waals surface area (Å²) in [6.45, 7) is 1.58. The van der Waals surface area contributed by atoms with Crippen molar-refractivity contribution in [3.8, 4) is 5.75 Å². The molecule has 0 spiro atoms. The van der Waals surface area contributed by atoms with E-state index in [0.29, 0.717) is 10.0 Å². The van der Waals surface area contributed by atoms with Crippen molar-refractivity contribution < 1.29 is 4.74 Å². The summed E-state index contributed by atoms with van der Waals surface area (Å²) in [4.78, 5) is 11.0. The van der Waals surface area contributed by atoms with Crippen LogP contribution in [0.1, 0.15) is 6.42 Å². The number of anilines is 1. The third-order valence-corrected chi connectivity index (χ3v) is 5.49. The van der Waals surface area contributed by atoms with Crippen LogP contribution in [-0.2, 0) is 7.05 Å². The summed E-state index contributed by atoms with van der Waals surface area (Å²) in [6.07, 6.45) is 2.51. The first-order valence-corrected chi connectivity index (χ1v) is 9.27. The number of halogens is 3. The minimum atomic E-state index is 0.0534. The molecule has 6 nitrogen and oxygen atoms in total. The van der Waals surface area contributed by atoms with Crippen LogP contribution < -0.4 is 9.64 Å². The minimum absolute atomic E-state index is 0.0534. The Labute approximate surface area is 162 Å². The van der Waals surface area contributed by atoms with Crippen molar-refractivity contribution in [3.63, 3.8) is 0 Å². The lowest BCUT2D eigenvalue weighted by molar-refractivity contribution is 0.225. The molecule has 9 heteroatoms. The molecule has 4 rings (SSSR count). The standard InChI is InChI=1S/C16H14BrCl2N5O/c1-23-15-13(14(17)22-23)16(21-8-20-15)24-5-4-10(7-24)25-9-2-3-11(18)12(19)6-9/h2-3,6,8,10H,4-5,7H2,1H3. The molecule has 1 saturated heterocycles. The average molecular weight is 443 g/mol. The molecule has 1 aliphatic heterocycles. The molecule has 1 unspecified atom stereocenters. The quantitative estimate of drug-likeness (QED) is 0.611. The SMILES string of the molecule is Cn1nc(Br)c2c(N3CCC(Oc4ccc(Cl)c(Cl)c4)C3)ncnc21. The van der Waals surface area contributed by atoms with E-state index in [0.717, 1.165) is 46.7 Å². The van der Waals surface area contributed by atoms with Gasteiger partial charge in [0.1, 0.15) is 28.6 Å². The molecule has 3 heterocycles. The van der Waals surface area contributed by atoms with Crippen LogP contribution >= 0.6 is 39.1 Å². The van der Waals surface area contributed by atoms with Crippen molar-refractivity contribution in [2.75, 3.05) is 18.0 Å². The highest BCUT2D eigenvalue weighted by Crippen LogP contribution is 2.33. The molecule has 130 valence electrons. The van der Waals surface area contributed by atoms with Crippen LogP contribution in [0.3, 0.4) is 0 Å². The largest absolute Gasteiger partial charge is 0.488 e. The van der Waals surface area contributed by atoms with Gasteiger partial charge in [-0.1, -0.05) is 23.2 Å². The van der Waals surface area contributed by atoms with Crippen LogP contribution in [0.15, 0.2) is 29.1 Å². The zero-order valence-electron chi connectivity index (χ0n) is 13.3. The van der Waals surface area contributed by atoms with Crippen molar-refractivity contribution in [1.82, 2.24) is 19.7 Å². The van der Waals surface area contributed by atoms with Gasteiger partial charge in [0.25, 0.3) is 0 Å². The first-order valence-electron chi connectivity index (χ1n) is 7.73. The van der Waals surface area contributed by atoms with E-state index in [1.165, 1.54) is 0 Å². The second-order valence-corrected chi connectivity index (χ2v) is 7.43. The Balaban J connectivity index is 1.56. The van der Waals surface area contributed by atoms with Crippen LogP contribution in [0.4, 0.5) is 5.82 Å². The monoisotopic (exact) mass is 441 g/mol. The van der Waals surface area contributed by atoms with Gasteiger partial charge in [-0.2, -0.15) is 5.10 Å². The molecule has 1 aromatic carbocycles. The second kappa shape index (κ2) is 6.63. The molecule has 3 aromatic rings. The van der Waals surface area contributed by atoms with Gasteiger partial charge >= 0.3 is 0 Å². The fourth-order valence-corrected chi connectivity index (χ4v) is 3.91. The smallest absolute Gasteiger partial charge is 0.164 e. The van der Waals surface area contributed by atoms with Crippen molar-refractivity contribution in [2.45, 2.75) is 12.5 Å². The molecule has 25 heavy (non-hydrogen) atoms. The van der Waals surface area contributed by atoms with Crippen molar-refractivity contribution in [1.29, 1.82) is 0 Å². The van der Waals surface area contributed by atoms with Gasteiger partial charge < -0.3 is 9.64 Å². The maximum atomic E-state index is 6.06. The maximum Gasteiger partial charge on any atom is 0.164 e. The number of hydrogen-bond acceptors (Lipinski definition) is 5. The van der Waals surface area contributed by atoms with E-state index >= 15 is 0 Å². The summed E-state index contributed by atoms with van der Waals surface area (Å²) < 4.78 is 8.53. The molecule has 0 saturated carbocycles. The normalized spacial score (nSPS) is 17.4. The molecule has 1 atom stereocenters. The van der Waals surface area contributed by atoms with Gasteiger partial charge in [0.2, 0.25) is 0 Å². The number of rotatable bonds is 3. The maximum absolute atomic E-state index is 6.06. The number of aryl methyl sites for hydroxylation is 1. The highest BCUT2D eigenvalue weighted by molar-refractivity contribution is 9.10. The van der Waals surface area contributed by atoms with E-state index in [1.54, 1.807) is 23.1 Å². The summed E-state index contributed by atoms with van der Waals surface area (Å²) in [5, 5.41) is 6.30. The van der Waals surface area contributed by atoms with E-state index in [4.69, 9.17) is 27.9 Å². The molecule has 1 aliphatic rings. The van der Waals surface area contributed by atoms with Gasteiger partial charge in [0.05, 0.1) is 22.0 Å². The van der Waals surface area contributed by atoms with E-state index in [9.17, 15) is 0 Å². The highest BCUT2D eigenvalue weighted by atomic mass is 79.9. The summed E-state index contributed by atoms with van der Waals surface area (Å²) in [6, 6.07) is 5.32. The number of aromatic nitrogens is 4. The van der Waals surface area contributed by atoms with Crippen molar-refractivity contribution in [3.05, 3.63) is 39.2 Å². The van der Waals surface area contributed by atoms with Crippen LogP contribution in [-0.4, -0.2) is 38.9 Å². The Morgan fingerprint density at radius 3 is 2.88 bits per heavy atom. The Morgan fingerprint density at radius 2 is 2.08 bits per heavy atom. The zero-order chi connectivity index (χ0) is 17.6. The highest BCUT2D eigenvalue weighted by Gasteiger charge is 2.28. The van der Waals surface area contributed by atoms with E-state index in [2.05, 4.69) is 35.9 Å². The molecule has 0 aliphatic carbocycles. The lowest BCUT2D eigenvalue weighted by Gasteiger charge is -2.18. The van der Waals surface area contributed by atoms with E-state index < -0.39 is 0 Å². The van der Waals surface area contributed by atoms with E-state index in [-0.39, 0.29) is 6.10 Å². The van der Waals surface area contributed by atoms with Crippen molar-refractivity contribution >= 4 is 56.0 Å². The molecule has 0 bridgehead atoms. The second-order valence-electron chi connectivity index (χ2n) is 5.86. The minimum Gasteiger partial charge on any atom is -0.488 e. The average Bonchev–Trinajstić information content (AvgIpc) is 3.16. The molecule has 0 amide bonds. The van der Waals surface area contributed by atoms with Gasteiger partial charge in [0.15, 0.2) is 5.65 Å². The summed E-state index contributed by atoms with van der Waals surface area (Å²) in [5.41, 5.74) is 0.797. The first kappa shape index (κ1) is 16.9. The lowest BCUT2D eigenvalue weighted by atomic mass is 10.3. The molecule has 0 radical (unpaired) electrons. The van der Waals surface area contributed by atoms with Gasteiger partial charge in [-0.05, 0) is 28.1 Å². The molecule has 1 fully saturated rings. The summed E-state index contributed by atoms with van der Waals surface area (Å²) >= 11 is 15.5. The number of ether oxygens (including phenoxy) is 1. The third kappa shape index (κ3) is 3.16. The number of hydrogen-bond donors (Lipinski definition) is 0. The third-order valence-electron chi connectivity index (χ3n) is 4.20. The van der Waals surface area contributed by atoms with Gasteiger partial charge in [-0.3, -0.25) is 0 Å². The fourth-order valence-electron chi connectivity index (χ4n) is 3.03. The first-order chi connectivity index (χ1) is 12.0. The Morgan fingerprint density at radius 1 is 1.24 bits per heavy atom. The topological polar surface area (TPSA) is 56.1 Å². The lowest BCUT2D eigenvalue weighted by Crippen LogP contribution is -2.25. The van der Waals surface area contributed by atoms with Crippen LogP contribution in [0.25, 0.3) is 11.0 Å². The van der Waals surface area contributed by atoms with Gasteiger partial charge in [0, 0.05) is 26.1 Å². The Bertz CT molecular complexity index is 948. The number of benzene rings is 1. The van der Waals surface area contributed by atoms with Crippen molar-refractivity contribution in [2.24, 2.45) is 7.05 Å². The Hall–Kier alpha value is -1.57. The zero-order valence-corrected chi connectivity index (χ0v) is 16.4. The predicted molar refractivity (Wildman–Crippen MR) is 102 cm³/mol.